The zero-order chi connectivity index (χ0) is 14.4. The summed E-state index contributed by atoms with van der Waals surface area (Å²) in [6.07, 6.45) is 3.63. The maximum Gasteiger partial charge on any atom is 0.317 e. The first-order chi connectivity index (χ1) is 8.91. The van der Waals surface area contributed by atoms with Gasteiger partial charge in [0.2, 0.25) is 0 Å². The molecule has 2 amide bonds. The van der Waals surface area contributed by atoms with Crippen LogP contribution in [-0.4, -0.2) is 40.6 Å². The maximum absolute atomic E-state index is 12.2. The molecule has 0 spiro atoms. The second-order valence-electron chi connectivity index (χ2n) is 5.78. The molecule has 0 bridgehead atoms. The van der Waals surface area contributed by atoms with Crippen LogP contribution in [0, 0.1) is 5.92 Å². The van der Waals surface area contributed by atoms with E-state index in [1.165, 1.54) is 0 Å². The normalized spacial score (nSPS) is 20.6. The van der Waals surface area contributed by atoms with Gasteiger partial charge in [0.1, 0.15) is 0 Å². The van der Waals surface area contributed by atoms with Crippen LogP contribution in [0.1, 0.15) is 52.9 Å². The third-order valence-electron chi connectivity index (χ3n) is 3.73. The Morgan fingerprint density at radius 1 is 1.37 bits per heavy atom. The lowest BCUT2D eigenvalue weighted by Crippen LogP contribution is -2.47. The Kier molecular flexibility index (Phi) is 6.12. The Bertz CT molecular complexity index is 318. The first-order valence-corrected chi connectivity index (χ1v) is 7.20. The molecule has 0 aliphatic carbocycles. The summed E-state index contributed by atoms with van der Waals surface area (Å²) in [5.74, 6) is -0.298. The second-order valence-corrected chi connectivity index (χ2v) is 5.78. The summed E-state index contributed by atoms with van der Waals surface area (Å²) in [4.78, 5) is 24.5. The molecule has 0 radical (unpaired) electrons. The Labute approximate surface area is 115 Å². The van der Waals surface area contributed by atoms with Gasteiger partial charge in [0.05, 0.1) is 0 Å². The Hall–Kier alpha value is -1.26. The zero-order valence-electron chi connectivity index (χ0n) is 12.2. The predicted octanol–water partition coefficient (Wildman–Crippen LogP) is 2.46. The number of nitrogens with one attached hydrogen (secondary N) is 1. The van der Waals surface area contributed by atoms with Crippen LogP contribution < -0.4 is 5.32 Å². The molecule has 110 valence electrons. The molecule has 19 heavy (non-hydrogen) atoms. The Balaban J connectivity index is 2.35. The third-order valence-corrected chi connectivity index (χ3v) is 3.73. The minimum absolute atomic E-state index is 0.000903. The molecule has 2 N–H and O–H groups in total. The van der Waals surface area contributed by atoms with Gasteiger partial charge in [0.15, 0.2) is 0 Å². The van der Waals surface area contributed by atoms with Crippen molar-refractivity contribution in [1.82, 2.24) is 10.2 Å². The first kappa shape index (κ1) is 15.8. The molecule has 1 saturated heterocycles. The van der Waals surface area contributed by atoms with E-state index in [0.717, 1.165) is 19.4 Å². The predicted molar refractivity (Wildman–Crippen MR) is 74.0 cm³/mol. The van der Waals surface area contributed by atoms with Crippen molar-refractivity contribution in [3.8, 4) is 0 Å². The van der Waals surface area contributed by atoms with Crippen LogP contribution in [0.25, 0.3) is 0 Å². The molecule has 1 fully saturated rings. The fourth-order valence-corrected chi connectivity index (χ4v) is 2.66. The minimum atomic E-state index is -0.780. The standard InChI is InChI=1S/C14H26N2O3/c1-10(2)12-7-5-9-16(12)14(19)15-11(3)6-4-8-13(17)18/h10-12H,4-9H2,1-3H3,(H,15,19)(H,17,18). The van der Waals surface area contributed by atoms with Crippen LogP contribution in [0.4, 0.5) is 4.79 Å². The van der Waals surface area contributed by atoms with E-state index in [4.69, 9.17) is 5.11 Å². The van der Waals surface area contributed by atoms with E-state index in [1.54, 1.807) is 0 Å². The van der Waals surface area contributed by atoms with Crippen LogP contribution in [0.2, 0.25) is 0 Å². The number of likely N-dealkylation sites (tertiary alicyclic amines) is 1. The number of urea groups is 1. The zero-order valence-corrected chi connectivity index (χ0v) is 12.2. The van der Waals surface area contributed by atoms with Crippen LogP contribution in [0.3, 0.4) is 0 Å². The van der Waals surface area contributed by atoms with Crippen LogP contribution in [-0.2, 0) is 4.79 Å². The van der Waals surface area contributed by atoms with Gasteiger partial charge in [-0.3, -0.25) is 4.79 Å². The minimum Gasteiger partial charge on any atom is -0.481 e. The van der Waals surface area contributed by atoms with Crippen molar-refractivity contribution in [2.75, 3.05) is 6.54 Å². The molecule has 0 saturated carbocycles. The molecule has 0 aromatic heterocycles. The number of amides is 2. The fraction of sp³-hybridized carbons (Fsp3) is 0.857. The van der Waals surface area contributed by atoms with E-state index in [1.807, 2.05) is 11.8 Å². The fourth-order valence-electron chi connectivity index (χ4n) is 2.66. The van der Waals surface area contributed by atoms with Gasteiger partial charge in [0, 0.05) is 25.0 Å². The molecule has 1 aliphatic heterocycles. The Morgan fingerprint density at radius 2 is 2.05 bits per heavy atom. The number of carbonyl (C=O) groups excluding carboxylic acids is 1. The average Bonchev–Trinajstić information content (AvgIpc) is 2.77. The van der Waals surface area contributed by atoms with Crippen molar-refractivity contribution in [2.24, 2.45) is 5.92 Å². The molecule has 1 rings (SSSR count). The SMILES string of the molecule is CC(CCCC(=O)O)NC(=O)N1CCCC1C(C)C. The lowest BCUT2D eigenvalue weighted by Gasteiger charge is -2.29. The van der Waals surface area contributed by atoms with Crippen molar-refractivity contribution in [2.45, 2.75) is 65.0 Å². The van der Waals surface area contributed by atoms with E-state index in [0.29, 0.717) is 24.8 Å². The Morgan fingerprint density at radius 3 is 2.63 bits per heavy atom. The summed E-state index contributed by atoms with van der Waals surface area (Å²) in [6, 6.07) is 0.366. The average molecular weight is 270 g/mol. The quantitative estimate of drug-likeness (QED) is 0.779. The number of carboxylic acids is 1. The number of hydrogen-bond acceptors (Lipinski definition) is 2. The summed E-state index contributed by atoms with van der Waals surface area (Å²) in [7, 11) is 0. The molecular weight excluding hydrogens is 244 g/mol. The van der Waals surface area contributed by atoms with Crippen molar-refractivity contribution in [3.05, 3.63) is 0 Å². The number of carbonyl (C=O) groups is 2. The van der Waals surface area contributed by atoms with E-state index in [9.17, 15) is 9.59 Å². The van der Waals surface area contributed by atoms with Gasteiger partial charge in [-0.15, -0.1) is 0 Å². The molecule has 1 heterocycles. The molecule has 0 aromatic rings. The van der Waals surface area contributed by atoms with E-state index in [-0.39, 0.29) is 18.5 Å². The molecule has 0 aromatic carbocycles. The summed E-state index contributed by atoms with van der Waals surface area (Å²) in [6.45, 7) is 7.05. The molecule has 5 heteroatoms. The number of carboxylic acid groups (broad SMARTS) is 1. The van der Waals surface area contributed by atoms with Gasteiger partial charge in [0.25, 0.3) is 0 Å². The number of rotatable bonds is 6. The monoisotopic (exact) mass is 270 g/mol. The number of nitrogens with zero attached hydrogens (tertiary/aromatic N) is 1. The van der Waals surface area contributed by atoms with Crippen molar-refractivity contribution >= 4 is 12.0 Å². The topological polar surface area (TPSA) is 69.6 Å². The smallest absolute Gasteiger partial charge is 0.317 e. The highest BCUT2D eigenvalue weighted by atomic mass is 16.4. The van der Waals surface area contributed by atoms with Gasteiger partial charge in [-0.2, -0.15) is 0 Å². The number of hydrogen-bond donors (Lipinski definition) is 2. The van der Waals surface area contributed by atoms with Gasteiger partial charge in [-0.1, -0.05) is 13.8 Å². The van der Waals surface area contributed by atoms with E-state index >= 15 is 0 Å². The van der Waals surface area contributed by atoms with Crippen molar-refractivity contribution in [3.63, 3.8) is 0 Å². The highest BCUT2D eigenvalue weighted by Gasteiger charge is 2.31. The van der Waals surface area contributed by atoms with Crippen molar-refractivity contribution in [1.29, 1.82) is 0 Å². The van der Waals surface area contributed by atoms with E-state index in [2.05, 4.69) is 19.2 Å². The van der Waals surface area contributed by atoms with Crippen LogP contribution in [0.15, 0.2) is 0 Å². The molecular formula is C14H26N2O3. The lowest BCUT2D eigenvalue weighted by atomic mass is 10.0. The summed E-state index contributed by atoms with van der Waals surface area (Å²) < 4.78 is 0. The molecule has 2 atom stereocenters. The van der Waals surface area contributed by atoms with Crippen molar-refractivity contribution < 1.29 is 14.7 Å². The third kappa shape index (κ3) is 5.09. The highest BCUT2D eigenvalue weighted by molar-refractivity contribution is 5.75. The molecule has 5 nitrogen and oxygen atoms in total. The van der Waals surface area contributed by atoms with Crippen LogP contribution in [0.5, 0.6) is 0 Å². The largest absolute Gasteiger partial charge is 0.481 e. The second kappa shape index (κ2) is 7.36. The lowest BCUT2D eigenvalue weighted by molar-refractivity contribution is -0.137. The highest BCUT2D eigenvalue weighted by Crippen LogP contribution is 2.23. The van der Waals surface area contributed by atoms with Gasteiger partial charge < -0.3 is 15.3 Å². The van der Waals surface area contributed by atoms with Gasteiger partial charge in [-0.25, -0.2) is 4.79 Å². The van der Waals surface area contributed by atoms with Gasteiger partial charge in [-0.05, 0) is 38.5 Å². The van der Waals surface area contributed by atoms with Gasteiger partial charge >= 0.3 is 12.0 Å². The van der Waals surface area contributed by atoms with E-state index < -0.39 is 5.97 Å². The molecule has 1 aliphatic rings. The maximum atomic E-state index is 12.2. The number of aliphatic carboxylic acids is 1. The summed E-state index contributed by atoms with van der Waals surface area (Å²) >= 11 is 0. The summed E-state index contributed by atoms with van der Waals surface area (Å²) in [5.41, 5.74) is 0. The summed E-state index contributed by atoms with van der Waals surface area (Å²) in [5, 5.41) is 11.6. The first-order valence-electron chi connectivity index (χ1n) is 7.20. The molecule has 2 unspecified atom stereocenters. The van der Waals surface area contributed by atoms with Crippen LogP contribution >= 0.6 is 0 Å².